The molecule has 0 aliphatic heterocycles. The number of nitrogens with one attached hydrogen (secondary N) is 1. The van der Waals surface area contributed by atoms with Gasteiger partial charge in [-0.1, -0.05) is 31.2 Å². The lowest BCUT2D eigenvalue weighted by Gasteiger charge is -2.20. The highest BCUT2D eigenvalue weighted by atomic mass is 14.9. The Morgan fingerprint density at radius 1 is 1.05 bits per heavy atom. The lowest BCUT2D eigenvalue weighted by molar-refractivity contribution is 0.611. The number of benzene rings is 1. The number of nitrogens with zero attached hydrogens (tertiary/aromatic N) is 1. The molecule has 0 amide bonds. The van der Waals surface area contributed by atoms with Gasteiger partial charge in [0.05, 0.1) is 11.7 Å². The van der Waals surface area contributed by atoms with Gasteiger partial charge in [-0.05, 0) is 55.6 Å². The summed E-state index contributed by atoms with van der Waals surface area (Å²) in [5, 5.41) is 3.54. The fourth-order valence-electron chi connectivity index (χ4n) is 2.32. The first-order valence-electron chi connectivity index (χ1n) is 6.85. The molecule has 1 atom stereocenters. The van der Waals surface area contributed by atoms with E-state index in [1.165, 1.54) is 22.3 Å². The highest BCUT2D eigenvalue weighted by Crippen LogP contribution is 2.24. The molecule has 19 heavy (non-hydrogen) atoms. The maximum atomic E-state index is 4.56. The van der Waals surface area contributed by atoms with Gasteiger partial charge in [-0.15, -0.1) is 0 Å². The molecule has 1 heterocycles. The third kappa shape index (κ3) is 3.02. The second-order valence-corrected chi connectivity index (χ2v) is 5.04. The Hall–Kier alpha value is -1.67. The first kappa shape index (κ1) is 13.8. The van der Waals surface area contributed by atoms with Crippen LogP contribution in [0.15, 0.2) is 36.5 Å². The van der Waals surface area contributed by atoms with Crippen molar-refractivity contribution in [2.45, 2.75) is 33.7 Å². The first-order chi connectivity index (χ1) is 9.13. The van der Waals surface area contributed by atoms with E-state index in [0.29, 0.717) is 0 Å². The van der Waals surface area contributed by atoms with Crippen molar-refractivity contribution >= 4 is 0 Å². The van der Waals surface area contributed by atoms with E-state index in [0.717, 1.165) is 12.2 Å². The molecule has 0 bridgehead atoms. The van der Waals surface area contributed by atoms with Crippen LogP contribution >= 0.6 is 0 Å². The summed E-state index contributed by atoms with van der Waals surface area (Å²) in [5.74, 6) is 0. The number of aryl methyl sites for hydroxylation is 3. The summed E-state index contributed by atoms with van der Waals surface area (Å²) in [6.45, 7) is 9.48. The number of pyridine rings is 1. The van der Waals surface area contributed by atoms with Crippen LogP contribution < -0.4 is 5.32 Å². The van der Waals surface area contributed by atoms with Gasteiger partial charge < -0.3 is 5.32 Å². The minimum Gasteiger partial charge on any atom is -0.305 e. The van der Waals surface area contributed by atoms with Gasteiger partial charge in [0.15, 0.2) is 0 Å². The second kappa shape index (κ2) is 5.98. The summed E-state index contributed by atoms with van der Waals surface area (Å²) < 4.78 is 0. The number of hydrogen-bond donors (Lipinski definition) is 1. The van der Waals surface area contributed by atoms with Crippen molar-refractivity contribution < 1.29 is 0 Å². The van der Waals surface area contributed by atoms with E-state index in [9.17, 15) is 0 Å². The van der Waals surface area contributed by atoms with E-state index in [4.69, 9.17) is 0 Å². The average Bonchev–Trinajstić information content (AvgIpc) is 2.40. The lowest BCUT2D eigenvalue weighted by atomic mass is 9.96. The first-order valence-corrected chi connectivity index (χ1v) is 6.85. The Morgan fingerprint density at radius 3 is 2.47 bits per heavy atom. The maximum Gasteiger partial charge on any atom is 0.0754 e. The zero-order valence-electron chi connectivity index (χ0n) is 12.2. The Balaban J connectivity index is 2.45. The summed E-state index contributed by atoms with van der Waals surface area (Å²) in [5.41, 5.74) is 6.29. The van der Waals surface area contributed by atoms with Gasteiger partial charge in [0, 0.05) is 6.20 Å². The van der Waals surface area contributed by atoms with Crippen LogP contribution in [0, 0.1) is 20.8 Å². The summed E-state index contributed by atoms with van der Waals surface area (Å²) in [7, 11) is 0. The Labute approximate surface area is 115 Å². The van der Waals surface area contributed by atoms with Gasteiger partial charge in [-0.3, -0.25) is 4.98 Å². The molecule has 0 saturated carbocycles. The van der Waals surface area contributed by atoms with E-state index in [2.05, 4.69) is 62.3 Å². The quantitative estimate of drug-likeness (QED) is 0.899. The summed E-state index contributed by atoms with van der Waals surface area (Å²) in [6, 6.07) is 10.9. The number of aromatic nitrogens is 1. The molecule has 0 spiro atoms. The van der Waals surface area contributed by atoms with Crippen molar-refractivity contribution in [3.8, 4) is 0 Å². The molecule has 0 aliphatic carbocycles. The van der Waals surface area contributed by atoms with Crippen LogP contribution in [-0.4, -0.2) is 11.5 Å². The third-order valence-electron chi connectivity index (χ3n) is 3.60. The van der Waals surface area contributed by atoms with Gasteiger partial charge in [-0.25, -0.2) is 0 Å². The molecule has 2 rings (SSSR count). The molecule has 0 aliphatic rings. The predicted molar refractivity (Wildman–Crippen MR) is 80.4 cm³/mol. The van der Waals surface area contributed by atoms with E-state index in [-0.39, 0.29) is 6.04 Å². The summed E-state index contributed by atoms with van der Waals surface area (Å²) in [4.78, 5) is 4.56. The predicted octanol–water partition coefficient (Wildman–Crippen LogP) is 3.71. The van der Waals surface area contributed by atoms with Crippen molar-refractivity contribution in [1.29, 1.82) is 0 Å². The van der Waals surface area contributed by atoms with Crippen LogP contribution in [0.5, 0.6) is 0 Å². The fraction of sp³-hybridized carbons (Fsp3) is 0.353. The SMILES string of the molecule is CCNC(c1ccc(C)c(C)c1)c1ncccc1C. The smallest absolute Gasteiger partial charge is 0.0754 e. The molecule has 0 fully saturated rings. The average molecular weight is 254 g/mol. The molecule has 100 valence electrons. The van der Waals surface area contributed by atoms with E-state index in [1.807, 2.05) is 12.3 Å². The highest BCUT2D eigenvalue weighted by Gasteiger charge is 2.16. The fourth-order valence-corrected chi connectivity index (χ4v) is 2.32. The van der Waals surface area contributed by atoms with Gasteiger partial charge in [0.1, 0.15) is 0 Å². The van der Waals surface area contributed by atoms with E-state index < -0.39 is 0 Å². The van der Waals surface area contributed by atoms with Crippen LogP contribution in [0.1, 0.15) is 40.9 Å². The van der Waals surface area contributed by atoms with Gasteiger partial charge in [-0.2, -0.15) is 0 Å². The maximum absolute atomic E-state index is 4.56. The topological polar surface area (TPSA) is 24.9 Å². The van der Waals surface area contributed by atoms with Crippen molar-refractivity contribution in [2.75, 3.05) is 6.54 Å². The molecule has 2 nitrogen and oxygen atoms in total. The Kier molecular flexibility index (Phi) is 4.33. The molecule has 1 unspecified atom stereocenters. The zero-order chi connectivity index (χ0) is 13.8. The Morgan fingerprint density at radius 2 is 1.84 bits per heavy atom. The molecule has 1 aromatic carbocycles. The van der Waals surface area contributed by atoms with Crippen molar-refractivity contribution in [2.24, 2.45) is 0 Å². The second-order valence-electron chi connectivity index (χ2n) is 5.04. The van der Waals surface area contributed by atoms with Crippen LogP contribution in [-0.2, 0) is 0 Å². The molecule has 2 heteroatoms. The van der Waals surface area contributed by atoms with E-state index >= 15 is 0 Å². The van der Waals surface area contributed by atoms with Crippen molar-refractivity contribution in [1.82, 2.24) is 10.3 Å². The highest BCUT2D eigenvalue weighted by molar-refractivity contribution is 5.37. The monoisotopic (exact) mass is 254 g/mol. The number of hydrogen-bond acceptors (Lipinski definition) is 2. The van der Waals surface area contributed by atoms with Crippen LogP contribution in [0.25, 0.3) is 0 Å². The normalized spacial score (nSPS) is 12.4. The summed E-state index contributed by atoms with van der Waals surface area (Å²) in [6.07, 6.45) is 1.87. The minimum atomic E-state index is 0.172. The molecule has 1 aromatic heterocycles. The summed E-state index contributed by atoms with van der Waals surface area (Å²) >= 11 is 0. The molecule has 0 radical (unpaired) electrons. The molecule has 2 aromatic rings. The third-order valence-corrected chi connectivity index (χ3v) is 3.60. The standard InChI is InChI=1S/C17H22N2/c1-5-18-17(16-13(3)7-6-10-19-16)15-9-8-12(2)14(4)11-15/h6-11,17-18H,5H2,1-4H3. The molecule has 1 N–H and O–H groups in total. The van der Waals surface area contributed by atoms with Crippen molar-refractivity contribution in [3.05, 3.63) is 64.5 Å². The lowest BCUT2D eigenvalue weighted by Crippen LogP contribution is -2.23. The largest absolute Gasteiger partial charge is 0.305 e. The van der Waals surface area contributed by atoms with E-state index in [1.54, 1.807) is 0 Å². The van der Waals surface area contributed by atoms with Crippen molar-refractivity contribution in [3.63, 3.8) is 0 Å². The van der Waals surface area contributed by atoms with Crippen LogP contribution in [0.4, 0.5) is 0 Å². The molecular formula is C17H22N2. The molecule has 0 saturated heterocycles. The van der Waals surface area contributed by atoms with Gasteiger partial charge in [0.2, 0.25) is 0 Å². The minimum absolute atomic E-state index is 0.172. The van der Waals surface area contributed by atoms with Gasteiger partial charge in [0.25, 0.3) is 0 Å². The van der Waals surface area contributed by atoms with Crippen LogP contribution in [0.2, 0.25) is 0 Å². The molecular weight excluding hydrogens is 232 g/mol. The van der Waals surface area contributed by atoms with Gasteiger partial charge >= 0.3 is 0 Å². The Bertz CT molecular complexity index is 561. The van der Waals surface area contributed by atoms with Crippen LogP contribution in [0.3, 0.4) is 0 Å². The zero-order valence-corrected chi connectivity index (χ0v) is 12.2. The number of rotatable bonds is 4.